The highest BCUT2D eigenvalue weighted by Gasteiger charge is 2.24. The Balaban J connectivity index is 2.28. The van der Waals surface area contributed by atoms with Crippen LogP contribution in [0.1, 0.15) is 37.7 Å². The second kappa shape index (κ2) is 5.87. The van der Waals surface area contributed by atoms with Crippen LogP contribution >= 0.6 is 24.8 Å². The molecule has 3 heteroatoms. The predicted octanol–water partition coefficient (Wildman–Crippen LogP) is 4.35. The summed E-state index contributed by atoms with van der Waals surface area (Å²) >= 11 is 9.75. The first kappa shape index (κ1) is 12.9. The minimum Gasteiger partial charge on any atom is -0.324 e. The molecule has 0 aromatic heterocycles. The Hall–Kier alpha value is -0.540. The molecule has 1 nitrogen and oxygen atoms in total. The van der Waals surface area contributed by atoms with Crippen molar-refractivity contribution < 1.29 is 0 Å². The van der Waals surface area contributed by atoms with Crippen LogP contribution in [0, 0.1) is 6.92 Å². The fourth-order valence-corrected chi connectivity index (χ4v) is 3.15. The summed E-state index contributed by atoms with van der Waals surface area (Å²) < 4.78 is 0.700. The maximum absolute atomic E-state index is 5.33. The zero-order valence-electron chi connectivity index (χ0n) is 10.2. The number of thiol groups is 1. The highest BCUT2D eigenvalue weighted by atomic mass is 32.1. The van der Waals surface area contributed by atoms with Gasteiger partial charge in [-0.3, -0.25) is 0 Å². The lowest BCUT2D eigenvalue weighted by atomic mass is 9.94. The summed E-state index contributed by atoms with van der Waals surface area (Å²) in [6, 6.07) is 8.96. The van der Waals surface area contributed by atoms with Gasteiger partial charge in [0.25, 0.3) is 0 Å². The second-order valence-corrected chi connectivity index (χ2v) is 5.84. The Labute approximate surface area is 115 Å². The van der Waals surface area contributed by atoms with Crippen molar-refractivity contribution in [3.05, 3.63) is 29.8 Å². The van der Waals surface area contributed by atoms with E-state index in [4.69, 9.17) is 12.2 Å². The average molecular weight is 265 g/mol. The van der Waals surface area contributed by atoms with Crippen molar-refractivity contribution in [2.75, 3.05) is 4.90 Å². The largest absolute Gasteiger partial charge is 0.324 e. The third-order valence-corrected chi connectivity index (χ3v) is 3.93. The predicted molar refractivity (Wildman–Crippen MR) is 82.1 cm³/mol. The molecule has 0 heterocycles. The maximum Gasteiger partial charge on any atom is 0.138 e. The van der Waals surface area contributed by atoms with Crippen LogP contribution in [0.4, 0.5) is 5.69 Å². The van der Waals surface area contributed by atoms with Crippen molar-refractivity contribution in [3.8, 4) is 0 Å². The van der Waals surface area contributed by atoms with E-state index >= 15 is 0 Å². The lowest BCUT2D eigenvalue weighted by molar-refractivity contribution is 0.442. The summed E-state index contributed by atoms with van der Waals surface area (Å²) in [4.78, 5) is 2.24. The van der Waals surface area contributed by atoms with Crippen molar-refractivity contribution in [1.29, 1.82) is 0 Å². The summed E-state index contributed by atoms with van der Waals surface area (Å²) in [7, 11) is 0. The summed E-state index contributed by atoms with van der Waals surface area (Å²) in [5.74, 6) is 0. The first-order valence-electron chi connectivity index (χ1n) is 6.28. The Kier molecular flexibility index (Phi) is 4.46. The second-order valence-electron chi connectivity index (χ2n) is 4.73. The summed E-state index contributed by atoms with van der Waals surface area (Å²) in [5.41, 5.74) is 2.49. The van der Waals surface area contributed by atoms with Crippen LogP contribution in [0.5, 0.6) is 0 Å². The van der Waals surface area contributed by atoms with E-state index in [0.717, 1.165) is 0 Å². The molecule has 0 radical (unpaired) electrons. The van der Waals surface area contributed by atoms with Crippen molar-refractivity contribution in [3.63, 3.8) is 0 Å². The number of benzene rings is 1. The third kappa shape index (κ3) is 3.02. The molecule has 0 aliphatic heterocycles. The zero-order chi connectivity index (χ0) is 12.3. The molecule has 0 N–H and O–H groups in total. The maximum atomic E-state index is 5.33. The van der Waals surface area contributed by atoms with Gasteiger partial charge in [0.2, 0.25) is 0 Å². The molecule has 92 valence electrons. The number of nitrogens with zero attached hydrogens (tertiary/aromatic N) is 1. The third-order valence-electron chi connectivity index (χ3n) is 3.52. The standard InChI is InChI=1S/C14H19NS2/c1-11-7-5-6-10-13(11)15(14(16)17)12-8-3-2-4-9-12/h5-7,10,12H,2-4,8-9H2,1H3,(H,16,17). The molecule has 0 saturated heterocycles. The molecule has 1 aromatic carbocycles. The molecular weight excluding hydrogens is 246 g/mol. The first-order chi connectivity index (χ1) is 8.20. The molecule has 1 saturated carbocycles. The van der Waals surface area contributed by atoms with Gasteiger partial charge in [0.05, 0.1) is 0 Å². The number of anilines is 1. The van der Waals surface area contributed by atoms with Crippen molar-refractivity contribution in [2.45, 2.75) is 45.1 Å². The van der Waals surface area contributed by atoms with Gasteiger partial charge in [-0.2, -0.15) is 0 Å². The SMILES string of the molecule is Cc1ccccc1N(C(=S)S)C1CCCCC1. The molecule has 0 spiro atoms. The fourth-order valence-electron chi connectivity index (χ4n) is 2.63. The van der Waals surface area contributed by atoms with Crippen LogP contribution in [0.25, 0.3) is 0 Å². The first-order valence-corrected chi connectivity index (χ1v) is 7.13. The minimum atomic E-state index is 0.537. The van der Waals surface area contributed by atoms with Gasteiger partial charge in [-0.05, 0) is 31.4 Å². The molecule has 0 bridgehead atoms. The molecule has 1 fully saturated rings. The van der Waals surface area contributed by atoms with Crippen LogP contribution in [-0.2, 0) is 0 Å². The van der Waals surface area contributed by atoms with Gasteiger partial charge < -0.3 is 4.90 Å². The number of hydrogen-bond donors (Lipinski definition) is 1. The van der Waals surface area contributed by atoms with Gasteiger partial charge in [-0.1, -0.05) is 49.7 Å². The summed E-state index contributed by atoms with van der Waals surface area (Å²) in [5, 5.41) is 0. The van der Waals surface area contributed by atoms with E-state index in [1.54, 1.807) is 0 Å². The summed E-state index contributed by atoms with van der Waals surface area (Å²) in [6.07, 6.45) is 6.44. The van der Waals surface area contributed by atoms with Crippen LogP contribution in [0.3, 0.4) is 0 Å². The zero-order valence-corrected chi connectivity index (χ0v) is 11.9. The normalized spacial score (nSPS) is 16.8. The Morgan fingerprint density at radius 3 is 2.47 bits per heavy atom. The molecular formula is C14H19NS2. The quantitative estimate of drug-likeness (QED) is 0.625. The smallest absolute Gasteiger partial charge is 0.138 e. The van der Waals surface area contributed by atoms with Gasteiger partial charge in [0, 0.05) is 11.7 Å². The van der Waals surface area contributed by atoms with Crippen LogP contribution in [0.2, 0.25) is 0 Å². The lowest BCUT2D eigenvalue weighted by Gasteiger charge is -2.35. The monoisotopic (exact) mass is 265 g/mol. The van der Waals surface area contributed by atoms with Gasteiger partial charge in [-0.25, -0.2) is 0 Å². The van der Waals surface area contributed by atoms with Gasteiger partial charge in [0.15, 0.2) is 0 Å². The Morgan fingerprint density at radius 2 is 1.88 bits per heavy atom. The van der Waals surface area contributed by atoms with E-state index in [-0.39, 0.29) is 0 Å². The molecule has 17 heavy (non-hydrogen) atoms. The Bertz CT molecular complexity index is 397. The van der Waals surface area contributed by atoms with E-state index in [0.29, 0.717) is 10.4 Å². The van der Waals surface area contributed by atoms with Gasteiger partial charge >= 0.3 is 0 Å². The van der Waals surface area contributed by atoms with E-state index in [1.807, 2.05) is 0 Å². The average Bonchev–Trinajstić information content (AvgIpc) is 2.33. The molecule has 1 aliphatic rings. The molecule has 1 aliphatic carbocycles. The van der Waals surface area contributed by atoms with Crippen molar-refractivity contribution in [1.82, 2.24) is 0 Å². The number of rotatable bonds is 2. The van der Waals surface area contributed by atoms with E-state index in [2.05, 4.69) is 48.7 Å². The number of aryl methyl sites for hydroxylation is 1. The molecule has 2 rings (SSSR count). The van der Waals surface area contributed by atoms with Crippen LogP contribution in [0.15, 0.2) is 24.3 Å². The molecule has 1 aromatic rings. The summed E-state index contributed by atoms with van der Waals surface area (Å²) in [6.45, 7) is 2.14. The highest BCUT2D eigenvalue weighted by molar-refractivity contribution is 8.11. The van der Waals surface area contributed by atoms with Crippen LogP contribution in [-0.4, -0.2) is 10.4 Å². The lowest BCUT2D eigenvalue weighted by Crippen LogP contribution is -2.39. The number of thiocarbonyl (C=S) groups is 1. The Morgan fingerprint density at radius 1 is 1.24 bits per heavy atom. The van der Waals surface area contributed by atoms with Gasteiger partial charge in [0.1, 0.15) is 4.32 Å². The molecule has 0 unspecified atom stereocenters. The van der Waals surface area contributed by atoms with E-state index in [1.165, 1.54) is 43.4 Å². The number of hydrogen-bond acceptors (Lipinski definition) is 1. The fraction of sp³-hybridized carbons (Fsp3) is 0.500. The molecule has 0 amide bonds. The van der Waals surface area contributed by atoms with Crippen LogP contribution < -0.4 is 4.90 Å². The highest BCUT2D eigenvalue weighted by Crippen LogP contribution is 2.30. The van der Waals surface area contributed by atoms with Gasteiger partial charge in [-0.15, -0.1) is 12.6 Å². The van der Waals surface area contributed by atoms with Crippen molar-refractivity contribution in [2.24, 2.45) is 0 Å². The van der Waals surface area contributed by atoms with Crippen molar-refractivity contribution >= 4 is 34.9 Å². The minimum absolute atomic E-state index is 0.537. The number of para-hydroxylation sites is 1. The van der Waals surface area contributed by atoms with E-state index < -0.39 is 0 Å². The van der Waals surface area contributed by atoms with E-state index in [9.17, 15) is 0 Å². The topological polar surface area (TPSA) is 3.24 Å². The molecule has 0 atom stereocenters.